The molecule has 0 aliphatic carbocycles. The van der Waals surface area contributed by atoms with Crippen LogP contribution >= 0.6 is 0 Å². The summed E-state index contributed by atoms with van der Waals surface area (Å²) >= 11 is 0. The van der Waals surface area contributed by atoms with Crippen molar-refractivity contribution in [2.24, 2.45) is 0 Å². The normalized spacial score (nSPS) is 20.4. The van der Waals surface area contributed by atoms with Crippen molar-refractivity contribution < 1.29 is 9.53 Å². The van der Waals surface area contributed by atoms with Crippen molar-refractivity contribution in [1.29, 1.82) is 5.26 Å². The number of hydrogen-bond acceptors (Lipinski definition) is 6. The number of ether oxygens (including phenoxy) is 1. The second-order valence-electron chi connectivity index (χ2n) is 6.49. The highest BCUT2D eigenvalue weighted by atomic mass is 16.5. The maximum atomic E-state index is 13.1. The first-order valence-electron chi connectivity index (χ1n) is 8.70. The van der Waals surface area contributed by atoms with Crippen LogP contribution in [0.1, 0.15) is 19.4 Å². The Morgan fingerprint density at radius 1 is 1.37 bits per heavy atom. The molecule has 27 heavy (non-hydrogen) atoms. The molecule has 0 spiro atoms. The van der Waals surface area contributed by atoms with Crippen molar-refractivity contribution in [1.82, 2.24) is 14.7 Å². The van der Waals surface area contributed by atoms with Gasteiger partial charge in [-0.15, -0.1) is 0 Å². The van der Waals surface area contributed by atoms with Crippen molar-refractivity contribution in [3.05, 3.63) is 45.9 Å². The summed E-state index contributed by atoms with van der Waals surface area (Å²) in [7, 11) is 1.44. The average Bonchev–Trinajstić information content (AvgIpc) is 2.66. The van der Waals surface area contributed by atoms with Gasteiger partial charge in [0.1, 0.15) is 23.1 Å². The molecule has 2 atom stereocenters. The van der Waals surface area contributed by atoms with E-state index in [9.17, 15) is 14.9 Å². The molecule has 0 bridgehead atoms. The first-order valence-corrected chi connectivity index (χ1v) is 8.70. The Kier molecular flexibility index (Phi) is 5.23. The van der Waals surface area contributed by atoms with Crippen molar-refractivity contribution in [3.63, 3.8) is 0 Å². The number of carbonyl (C=O) groups is 1. The average molecular weight is 367 g/mol. The van der Waals surface area contributed by atoms with Crippen LogP contribution in [0.25, 0.3) is 11.7 Å². The quantitative estimate of drug-likeness (QED) is 0.641. The Labute approximate surface area is 156 Å². The van der Waals surface area contributed by atoms with Gasteiger partial charge in [0.05, 0.1) is 17.8 Å². The molecule has 2 aromatic heterocycles. The molecule has 1 N–H and O–H groups in total. The highest BCUT2D eigenvalue weighted by molar-refractivity contribution is 6.02. The number of likely N-dealkylation sites (N-methyl/N-ethyl adjacent to an activating group) is 1. The van der Waals surface area contributed by atoms with Crippen molar-refractivity contribution in [2.45, 2.75) is 26.1 Å². The van der Waals surface area contributed by atoms with Gasteiger partial charge in [-0.25, -0.2) is 4.98 Å². The molecular weight excluding hydrogens is 346 g/mol. The second kappa shape index (κ2) is 7.60. The SMILES string of the molecule is CNC(=O)/C(C#N)=C/c1c(N2C[C@@H](C)O[C@@H](C)C2)nc2ccccn2c1=O. The summed E-state index contributed by atoms with van der Waals surface area (Å²) in [6, 6.07) is 7.13. The lowest BCUT2D eigenvalue weighted by Crippen LogP contribution is -2.46. The monoisotopic (exact) mass is 367 g/mol. The van der Waals surface area contributed by atoms with Crippen LogP contribution in [0, 0.1) is 11.3 Å². The number of fused-ring (bicyclic) bond motifs is 1. The summed E-state index contributed by atoms with van der Waals surface area (Å²) in [5.74, 6) is -0.102. The number of rotatable bonds is 3. The maximum absolute atomic E-state index is 13.1. The second-order valence-corrected chi connectivity index (χ2v) is 6.49. The molecular formula is C19H21N5O3. The first kappa shape index (κ1) is 18.6. The molecule has 140 valence electrons. The Morgan fingerprint density at radius 3 is 2.70 bits per heavy atom. The number of anilines is 1. The number of aromatic nitrogens is 2. The zero-order valence-corrected chi connectivity index (χ0v) is 15.5. The lowest BCUT2D eigenvalue weighted by atomic mass is 10.1. The molecule has 1 fully saturated rings. The van der Waals surface area contributed by atoms with Crippen LogP contribution < -0.4 is 15.8 Å². The summed E-state index contributed by atoms with van der Waals surface area (Å²) < 4.78 is 7.17. The summed E-state index contributed by atoms with van der Waals surface area (Å²) in [4.78, 5) is 31.7. The van der Waals surface area contributed by atoms with Gasteiger partial charge in [-0.2, -0.15) is 5.26 Å². The number of hydrogen-bond donors (Lipinski definition) is 1. The predicted molar refractivity (Wildman–Crippen MR) is 101 cm³/mol. The minimum atomic E-state index is -0.551. The van der Waals surface area contributed by atoms with Gasteiger partial charge in [0.15, 0.2) is 0 Å². The van der Waals surface area contributed by atoms with Gasteiger partial charge in [-0.1, -0.05) is 6.07 Å². The molecule has 3 heterocycles. The van der Waals surface area contributed by atoms with E-state index in [1.807, 2.05) is 24.8 Å². The molecule has 0 saturated carbocycles. The first-order chi connectivity index (χ1) is 12.9. The van der Waals surface area contributed by atoms with Crippen LogP contribution in [0.3, 0.4) is 0 Å². The summed E-state index contributed by atoms with van der Waals surface area (Å²) in [6.07, 6.45) is 2.86. The summed E-state index contributed by atoms with van der Waals surface area (Å²) in [5.41, 5.74) is 0.224. The van der Waals surface area contributed by atoms with Gasteiger partial charge in [0, 0.05) is 26.3 Å². The molecule has 8 nitrogen and oxygen atoms in total. The Bertz CT molecular complexity index is 995. The third-order valence-corrected chi connectivity index (χ3v) is 4.35. The van der Waals surface area contributed by atoms with E-state index in [2.05, 4.69) is 10.3 Å². The highest BCUT2D eigenvalue weighted by Gasteiger charge is 2.26. The van der Waals surface area contributed by atoms with Gasteiger partial charge in [0.2, 0.25) is 0 Å². The molecule has 8 heteroatoms. The molecule has 0 radical (unpaired) electrons. The fourth-order valence-electron chi connectivity index (χ4n) is 3.24. The number of pyridine rings is 1. The third kappa shape index (κ3) is 3.68. The number of nitrogens with one attached hydrogen (secondary N) is 1. The summed E-state index contributed by atoms with van der Waals surface area (Å²) in [6.45, 7) is 5.03. The van der Waals surface area contributed by atoms with Gasteiger partial charge in [0.25, 0.3) is 11.5 Å². The van der Waals surface area contributed by atoms with Crippen molar-refractivity contribution >= 4 is 23.4 Å². The van der Waals surface area contributed by atoms with Crippen LogP contribution in [0.2, 0.25) is 0 Å². The molecule has 1 amide bonds. The van der Waals surface area contributed by atoms with E-state index in [1.165, 1.54) is 17.5 Å². The summed E-state index contributed by atoms with van der Waals surface area (Å²) in [5, 5.41) is 11.7. The van der Waals surface area contributed by atoms with Crippen LogP contribution in [0.15, 0.2) is 34.8 Å². The van der Waals surface area contributed by atoms with Crippen LogP contribution in [0.4, 0.5) is 5.82 Å². The van der Waals surface area contributed by atoms with E-state index in [1.54, 1.807) is 24.4 Å². The maximum Gasteiger partial charge on any atom is 0.267 e. The lowest BCUT2D eigenvalue weighted by Gasteiger charge is -2.36. The van der Waals surface area contributed by atoms with Gasteiger partial charge < -0.3 is 15.0 Å². The molecule has 2 aromatic rings. The number of nitrogens with zero attached hydrogens (tertiary/aromatic N) is 4. The van der Waals surface area contributed by atoms with E-state index in [0.29, 0.717) is 24.6 Å². The fourth-order valence-corrected chi connectivity index (χ4v) is 3.24. The number of nitriles is 1. The van der Waals surface area contributed by atoms with E-state index in [4.69, 9.17) is 4.74 Å². The Balaban J connectivity index is 2.25. The van der Waals surface area contributed by atoms with E-state index < -0.39 is 5.91 Å². The number of carbonyl (C=O) groups excluding carboxylic acids is 1. The largest absolute Gasteiger partial charge is 0.372 e. The van der Waals surface area contributed by atoms with E-state index in [0.717, 1.165) is 0 Å². The van der Waals surface area contributed by atoms with Crippen molar-refractivity contribution in [3.8, 4) is 6.07 Å². The molecule has 3 rings (SSSR count). The third-order valence-electron chi connectivity index (χ3n) is 4.35. The molecule has 1 aliphatic rings. The standard InChI is InChI=1S/C19H21N5O3/c1-12-10-23(11-13(2)27-12)17-15(8-14(9-20)18(25)21-3)19(26)24-7-5-4-6-16(24)22-17/h4-8,12-13H,10-11H2,1-3H3,(H,21,25)/b14-8+/t12-,13+. The molecule has 1 saturated heterocycles. The Morgan fingerprint density at radius 2 is 2.07 bits per heavy atom. The van der Waals surface area contributed by atoms with Crippen LogP contribution in [0.5, 0.6) is 0 Å². The molecule has 0 aromatic carbocycles. The topological polar surface area (TPSA) is 99.7 Å². The van der Waals surface area contributed by atoms with E-state index in [-0.39, 0.29) is 28.9 Å². The van der Waals surface area contributed by atoms with Gasteiger partial charge >= 0.3 is 0 Å². The number of morpholine rings is 1. The lowest BCUT2D eigenvalue weighted by molar-refractivity contribution is -0.116. The minimum Gasteiger partial charge on any atom is -0.372 e. The van der Waals surface area contributed by atoms with Crippen LogP contribution in [-0.4, -0.2) is 47.6 Å². The zero-order valence-electron chi connectivity index (χ0n) is 15.5. The van der Waals surface area contributed by atoms with E-state index >= 15 is 0 Å². The van der Waals surface area contributed by atoms with Gasteiger partial charge in [-0.05, 0) is 32.1 Å². The fraction of sp³-hybridized carbons (Fsp3) is 0.368. The van der Waals surface area contributed by atoms with Crippen molar-refractivity contribution in [2.75, 3.05) is 25.0 Å². The highest BCUT2D eigenvalue weighted by Crippen LogP contribution is 2.23. The molecule has 1 aliphatic heterocycles. The Hall–Kier alpha value is -3.18. The number of amides is 1. The van der Waals surface area contributed by atoms with Crippen LogP contribution in [-0.2, 0) is 9.53 Å². The minimum absolute atomic E-state index is 0.0315. The van der Waals surface area contributed by atoms with Gasteiger partial charge in [-0.3, -0.25) is 14.0 Å². The molecule has 0 unspecified atom stereocenters. The zero-order chi connectivity index (χ0) is 19.6. The smallest absolute Gasteiger partial charge is 0.267 e. The predicted octanol–water partition coefficient (Wildman–Crippen LogP) is 0.961.